The number of fused-ring (bicyclic) bond motifs is 1. The molecular formula is C12H18BS. The van der Waals surface area contributed by atoms with E-state index in [0.29, 0.717) is 5.41 Å². The minimum atomic E-state index is 0.546. The third-order valence-corrected chi connectivity index (χ3v) is 4.22. The SMILES string of the molecule is CC[B]CC1(C)CCc2cscc2C1. The summed E-state index contributed by atoms with van der Waals surface area (Å²) in [7, 11) is 2.44. The fourth-order valence-electron chi connectivity index (χ4n) is 2.38. The zero-order chi connectivity index (χ0) is 10.0. The second-order valence-electron chi connectivity index (χ2n) is 4.81. The van der Waals surface area contributed by atoms with Gasteiger partial charge in [-0.3, -0.25) is 0 Å². The maximum absolute atomic E-state index is 2.44. The summed E-state index contributed by atoms with van der Waals surface area (Å²) in [6.45, 7) is 4.68. The minimum absolute atomic E-state index is 0.546. The van der Waals surface area contributed by atoms with Crippen LogP contribution >= 0.6 is 11.3 Å². The summed E-state index contributed by atoms with van der Waals surface area (Å²) < 4.78 is 0. The van der Waals surface area contributed by atoms with Gasteiger partial charge in [0.15, 0.2) is 0 Å². The highest BCUT2D eigenvalue weighted by molar-refractivity contribution is 7.08. The van der Waals surface area contributed by atoms with Gasteiger partial charge >= 0.3 is 0 Å². The average molecular weight is 205 g/mol. The molecule has 1 aromatic heterocycles. The van der Waals surface area contributed by atoms with Crippen molar-refractivity contribution < 1.29 is 0 Å². The van der Waals surface area contributed by atoms with Crippen LogP contribution in [0.1, 0.15) is 31.4 Å². The van der Waals surface area contributed by atoms with Gasteiger partial charge in [0.05, 0.1) is 0 Å². The van der Waals surface area contributed by atoms with Gasteiger partial charge in [0.1, 0.15) is 7.28 Å². The Morgan fingerprint density at radius 3 is 3.00 bits per heavy atom. The molecule has 1 aliphatic carbocycles. The molecule has 0 N–H and O–H groups in total. The molecule has 0 amide bonds. The van der Waals surface area contributed by atoms with E-state index in [4.69, 9.17) is 0 Å². The number of thiophene rings is 1. The van der Waals surface area contributed by atoms with E-state index in [2.05, 4.69) is 31.9 Å². The van der Waals surface area contributed by atoms with Crippen molar-refractivity contribution in [1.29, 1.82) is 0 Å². The lowest BCUT2D eigenvalue weighted by Gasteiger charge is -2.33. The van der Waals surface area contributed by atoms with E-state index in [1.54, 1.807) is 11.1 Å². The van der Waals surface area contributed by atoms with Crippen LogP contribution in [0.3, 0.4) is 0 Å². The first kappa shape index (κ1) is 10.3. The zero-order valence-electron chi connectivity index (χ0n) is 9.18. The summed E-state index contributed by atoms with van der Waals surface area (Å²) in [5, 5.41) is 4.68. The second kappa shape index (κ2) is 4.10. The lowest BCUT2D eigenvalue weighted by molar-refractivity contribution is 0.315. The predicted molar refractivity (Wildman–Crippen MR) is 65.5 cm³/mol. The average Bonchev–Trinajstić information content (AvgIpc) is 2.61. The van der Waals surface area contributed by atoms with Crippen molar-refractivity contribution in [2.24, 2.45) is 5.41 Å². The normalized spacial score (nSPS) is 25.9. The molecule has 0 saturated heterocycles. The Labute approximate surface area is 92.0 Å². The summed E-state index contributed by atoms with van der Waals surface area (Å²) in [5.74, 6) is 0. The Morgan fingerprint density at radius 1 is 1.43 bits per heavy atom. The Morgan fingerprint density at radius 2 is 2.21 bits per heavy atom. The molecule has 0 aromatic carbocycles. The summed E-state index contributed by atoms with van der Waals surface area (Å²) in [6, 6.07) is 0. The Kier molecular flexibility index (Phi) is 3.01. The first-order valence-corrected chi connectivity index (χ1v) is 6.53. The second-order valence-corrected chi connectivity index (χ2v) is 5.55. The van der Waals surface area contributed by atoms with E-state index >= 15 is 0 Å². The topological polar surface area (TPSA) is 0 Å². The van der Waals surface area contributed by atoms with Crippen LogP contribution in [-0.2, 0) is 12.8 Å². The maximum atomic E-state index is 2.44. The lowest BCUT2D eigenvalue weighted by atomic mass is 9.57. The predicted octanol–water partition coefficient (Wildman–Crippen LogP) is 3.80. The van der Waals surface area contributed by atoms with Crippen molar-refractivity contribution in [2.45, 2.75) is 45.8 Å². The van der Waals surface area contributed by atoms with E-state index in [9.17, 15) is 0 Å². The van der Waals surface area contributed by atoms with Crippen LogP contribution in [0.5, 0.6) is 0 Å². The van der Waals surface area contributed by atoms with Gasteiger partial charge in [-0.2, -0.15) is 11.3 Å². The van der Waals surface area contributed by atoms with E-state index in [1.807, 2.05) is 11.3 Å². The molecule has 75 valence electrons. The molecule has 2 rings (SSSR count). The van der Waals surface area contributed by atoms with Gasteiger partial charge in [0.2, 0.25) is 0 Å². The van der Waals surface area contributed by atoms with Crippen molar-refractivity contribution >= 4 is 18.6 Å². The van der Waals surface area contributed by atoms with E-state index in [-0.39, 0.29) is 0 Å². The Balaban J connectivity index is 2.05. The van der Waals surface area contributed by atoms with Gasteiger partial charge in [-0.15, -0.1) is 0 Å². The molecule has 0 fully saturated rings. The summed E-state index contributed by atoms with van der Waals surface area (Å²) >= 11 is 1.87. The summed E-state index contributed by atoms with van der Waals surface area (Å²) in [5.41, 5.74) is 3.78. The van der Waals surface area contributed by atoms with E-state index < -0.39 is 0 Å². The lowest BCUT2D eigenvalue weighted by Crippen LogP contribution is -2.26. The number of hydrogen-bond acceptors (Lipinski definition) is 1. The molecule has 2 heteroatoms. The molecule has 0 nitrogen and oxygen atoms in total. The van der Waals surface area contributed by atoms with Crippen LogP contribution in [-0.4, -0.2) is 7.28 Å². The van der Waals surface area contributed by atoms with Crippen molar-refractivity contribution in [3.8, 4) is 0 Å². The van der Waals surface area contributed by atoms with Gasteiger partial charge in [0.25, 0.3) is 0 Å². The van der Waals surface area contributed by atoms with Gasteiger partial charge in [-0.1, -0.05) is 26.5 Å². The molecule has 1 unspecified atom stereocenters. The fraction of sp³-hybridized carbons (Fsp3) is 0.667. The summed E-state index contributed by atoms with van der Waals surface area (Å²) in [4.78, 5) is 0. The molecule has 1 heterocycles. The summed E-state index contributed by atoms with van der Waals surface area (Å²) in [6.07, 6.45) is 6.47. The van der Waals surface area contributed by atoms with Crippen molar-refractivity contribution in [1.82, 2.24) is 0 Å². The number of rotatable bonds is 3. The van der Waals surface area contributed by atoms with Gasteiger partial charge in [-0.05, 0) is 46.6 Å². The van der Waals surface area contributed by atoms with Crippen LogP contribution in [0.2, 0.25) is 12.6 Å². The molecule has 0 saturated carbocycles. The zero-order valence-corrected chi connectivity index (χ0v) is 9.99. The molecular weight excluding hydrogens is 187 g/mol. The molecule has 1 atom stereocenters. The molecule has 1 aliphatic rings. The first-order valence-electron chi connectivity index (χ1n) is 5.59. The van der Waals surface area contributed by atoms with Crippen LogP contribution in [0.4, 0.5) is 0 Å². The monoisotopic (exact) mass is 205 g/mol. The molecule has 0 spiro atoms. The maximum Gasteiger partial charge on any atom is 0.109 e. The molecule has 0 aliphatic heterocycles. The highest BCUT2D eigenvalue weighted by atomic mass is 32.1. The van der Waals surface area contributed by atoms with E-state index in [1.165, 1.54) is 31.9 Å². The van der Waals surface area contributed by atoms with Gasteiger partial charge in [0, 0.05) is 0 Å². The fourth-order valence-corrected chi connectivity index (χ4v) is 3.28. The molecule has 0 bridgehead atoms. The van der Waals surface area contributed by atoms with Crippen molar-refractivity contribution in [3.63, 3.8) is 0 Å². The largest absolute Gasteiger partial charge is 0.152 e. The Bertz CT molecular complexity index is 305. The minimum Gasteiger partial charge on any atom is -0.152 e. The van der Waals surface area contributed by atoms with Crippen molar-refractivity contribution in [2.75, 3.05) is 0 Å². The molecule has 1 radical (unpaired) electrons. The van der Waals surface area contributed by atoms with Crippen LogP contribution in [0.15, 0.2) is 10.8 Å². The first-order chi connectivity index (χ1) is 6.73. The Hall–Kier alpha value is -0.235. The third-order valence-electron chi connectivity index (χ3n) is 3.37. The molecule has 14 heavy (non-hydrogen) atoms. The van der Waals surface area contributed by atoms with Gasteiger partial charge in [-0.25, -0.2) is 0 Å². The third kappa shape index (κ3) is 2.05. The van der Waals surface area contributed by atoms with Crippen LogP contribution in [0.25, 0.3) is 0 Å². The highest BCUT2D eigenvalue weighted by Gasteiger charge is 2.29. The van der Waals surface area contributed by atoms with E-state index in [0.717, 1.165) is 0 Å². The number of aryl methyl sites for hydroxylation is 1. The quantitative estimate of drug-likeness (QED) is 0.658. The molecule has 1 aromatic rings. The van der Waals surface area contributed by atoms with Crippen LogP contribution < -0.4 is 0 Å². The van der Waals surface area contributed by atoms with Gasteiger partial charge < -0.3 is 0 Å². The standard InChI is InChI=1S/C12H18BS/c1-3-13-9-12(2)5-4-10-7-14-8-11(10)6-12/h7-8H,3-6,9H2,1-2H3. The van der Waals surface area contributed by atoms with Crippen LogP contribution in [0, 0.1) is 5.41 Å². The van der Waals surface area contributed by atoms with Crippen molar-refractivity contribution in [3.05, 3.63) is 21.9 Å². The number of hydrogen-bond donors (Lipinski definition) is 0. The smallest absolute Gasteiger partial charge is 0.109 e. The highest BCUT2D eigenvalue weighted by Crippen LogP contribution is 2.39.